The molecule has 2 aromatic carbocycles. The topological polar surface area (TPSA) is 128 Å². The quantitative estimate of drug-likeness (QED) is 0.499. The number of nitroso groups, excluding NO2 is 1. The van der Waals surface area contributed by atoms with Gasteiger partial charge >= 0.3 is 6.03 Å². The molecule has 10 nitrogen and oxygen atoms in total. The number of hydrogen-bond acceptors (Lipinski definition) is 7. The van der Waals surface area contributed by atoms with Gasteiger partial charge in [0.05, 0.1) is 10.5 Å². The van der Waals surface area contributed by atoms with E-state index in [9.17, 15) is 22.9 Å². The molecule has 0 spiro atoms. The van der Waals surface area contributed by atoms with Crippen LogP contribution in [0, 0.1) is 4.91 Å². The van der Waals surface area contributed by atoms with Gasteiger partial charge in [-0.25, -0.2) is 13.2 Å². The van der Waals surface area contributed by atoms with Crippen molar-refractivity contribution in [2.45, 2.75) is 11.8 Å². The van der Waals surface area contributed by atoms with Crippen LogP contribution in [0.1, 0.15) is 17.3 Å². The number of piperazine rings is 1. The average Bonchev–Trinajstić information content (AvgIpc) is 3.21. The summed E-state index contributed by atoms with van der Waals surface area (Å²) in [5.41, 5.74) is 0.430. The number of carbonyl (C=O) groups excluding carboxylic acids is 2. The number of anilines is 1. The third-order valence-corrected chi connectivity index (χ3v) is 8.44. The fourth-order valence-corrected chi connectivity index (χ4v) is 6.35. The zero-order valence-corrected chi connectivity index (χ0v) is 20.0. The molecule has 3 aromatic rings. The summed E-state index contributed by atoms with van der Waals surface area (Å²) in [6.07, 6.45) is 0. The lowest BCUT2D eigenvalue weighted by Crippen LogP contribution is -2.50. The molecule has 0 atom stereocenters. The maximum absolute atomic E-state index is 13.5. The van der Waals surface area contributed by atoms with Gasteiger partial charge in [-0.1, -0.05) is 24.3 Å². The normalized spacial score (nSPS) is 14.7. The smallest absolute Gasteiger partial charge is 0.319 e. The Hall–Kier alpha value is -3.35. The average molecular weight is 502 g/mol. The maximum atomic E-state index is 13.5. The highest BCUT2D eigenvalue weighted by atomic mass is 32.2. The van der Waals surface area contributed by atoms with Gasteiger partial charge in [0.15, 0.2) is 0 Å². The first-order valence-corrected chi connectivity index (χ1v) is 12.9. The number of carbonyl (C=O) groups is 2. The van der Waals surface area contributed by atoms with E-state index in [1.165, 1.54) is 39.9 Å². The second-order valence-corrected chi connectivity index (χ2v) is 10.6. The summed E-state index contributed by atoms with van der Waals surface area (Å²) in [5.74, 6) is -0.270. The first-order valence-electron chi connectivity index (χ1n) is 10.6. The number of sulfonamides is 1. The first kappa shape index (κ1) is 23.8. The number of hydrogen-bond donors (Lipinski definition) is 2. The summed E-state index contributed by atoms with van der Waals surface area (Å²) in [6.45, 7) is 2.84. The van der Waals surface area contributed by atoms with Gasteiger partial charge in [-0.2, -0.15) is 4.31 Å². The minimum absolute atomic E-state index is 0.0124. The van der Waals surface area contributed by atoms with E-state index in [2.05, 4.69) is 15.8 Å². The van der Waals surface area contributed by atoms with Gasteiger partial charge in [0.1, 0.15) is 10.7 Å². The van der Waals surface area contributed by atoms with E-state index in [1.54, 1.807) is 11.8 Å². The molecule has 178 valence electrons. The van der Waals surface area contributed by atoms with Crippen molar-refractivity contribution in [3.05, 3.63) is 59.0 Å². The molecule has 0 radical (unpaired) electrons. The summed E-state index contributed by atoms with van der Waals surface area (Å²) in [6, 6.07) is 12.6. The van der Waals surface area contributed by atoms with E-state index in [0.717, 1.165) is 10.1 Å². The zero-order chi connectivity index (χ0) is 24.3. The molecule has 34 heavy (non-hydrogen) atoms. The van der Waals surface area contributed by atoms with E-state index in [1.807, 2.05) is 24.3 Å². The fraction of sp³-hybridized carbons (Fsp3) is 0.273. The SMILES string of the molecule is CCNC(=O)Nc1sc2ccccc2c1C(=O)N1CCN(S(=O)(=O)c2cccc(N=O)c2)CC1. The van der Waals surface area contributed by atoms with Crippen LogP contribution in [0.25, 0.3) is 10.1 Å². The molecule has 4 rings (SSSR count). The van der Waals surface area contributed by atoms with E-state index < -0.39 is 16.1 Å². The number of benzene rings is 2. The molecule has 1 fully saturated rings. The second kappa shape index (κ2) is 9.87. The third-order valence-electron chi connectivity index (χ3n) is 5.46. The van der Waals surface area contributed by atoms with Crippen LogP contribution in [-0.2, 0) is 10.0 Å². The van der Waals surface area contributed by atoms with Crippen LogP contribution in [0.5, 0.6) is 0 Å². The van der Waals surface area contributed by atoms with Crippen LogP contribution in [0.15, 0.2) is 58.6 Å². The maximum Gasteiger partial charge on any atom is 0.319 e. The van der Waals surface area contributed by atoms with Crippen LogP contribution in [-0.4, -0.2) is 62.3 Å². The Labute approximate surface area is 200 Å². The molecule has 0 aliphatic carbocycles. The Morgan fingerprint density at radius 3 is 2.50 bits per heavy atom. The van der Waals surface area contributed by atoms with Gasteiger partial charge in [0.25, 0.3) is 5.91 Å². The number of urea groups is 1. The first-order chi connectivity index (χ1) is 16.3. The molecule has 2 N–H and O–H groups in total. The highest BCUT2D eigenvalue weighted by molar-refractivity contribution is 7.89. The van der Waals surface area contributed by atoms with Crippen molar-refractivity contribution in [1.29, 1.82) is 0 Å². The molecule has 0 bridgehead atoms. The zero-order valence-electron chi connectivity index (χ0n) is 18.4. The van der Waals surface area contributed by atoms with Crippen LogP contribution < -0.4 is 10.6 Å². The minimum Gasteiger partial charge on any atom is -0.338 e. The predicted molar refractivity (Wildman–Crippen MR) is 131 cm³/mol. The highest BCUT2D eigenvalue weighted by Gasteiger charge is 2.32. The molecule has 0 unspecified atom stereocenters. The lowest BCUT2D eigenvalue weighted by molar-refractivity contribution is 0.0701. The Morgan fingerprint density at radius 2 is 1.79 bits per heavy atom. The van der Waals surface area contributed by atoms with Gasteiger partial charge in [-0.3, -0.25) is 10.1 Å². The van der Waals surface area contributed by atoms with E-state index in [0.29, 0.717) is 17.1 Å². The van der Waals surface area contributed by atoms with Gasteiger partial charge in [0, 0.05) is 42.8 Å². The largest absolute Gasteiger partial charge is 0.338 e. The van der Waals surface area contributed by atoms with Crippen LogP contribution >= 0.6 is 11.3 Å². The van der Waals surface area contributed by atoms with Crippen molar-refractivity contribution in [3.8, 4) is 0 Å². The molecule has 1 aliphatic heterocycles. The molecule has 12 heteroatoms. The minimum atomic E-state index is -3.83. The summed E-state index contributed by atoms with van der Waals surface area (Å²) in [7, 11) is -3.83. The number of nitrogens with zero attached hydrogens (tertiary/aromatic N) is 3. The number of thiophene rings is 1. The lowest BCUT2D eigenvalue weighted by atomic mass is 10.1. The van der Waals surface area contributed by atoms with E-state index in [4.69, 9.17) is 0 Å². The van der Waals surface area contributed by atoms with Crippen molar-refractivity contribution in [3.63, 3.8) is 0 Å². The Kier molecular flexibility index (Phi) is 6.91. The van der Waals surface area contributed by atoms with Gasteiger partial charge in [0.2, 0.25) is 10.0 Å². The van der Waals surface area contributed by atoms with Gasteiger partial charge in [-0.05, 0) is 36.4 Å². The van der Waals surface area contributed by atoms with Crippen molar-refractivity contribution in [2.24, 2.45) is 5.18 Å². The summed E-state index contributed by atoms with van der Waals surface area (Å²) >= 11 is 1.32. The number of rotatable bonds is 6. The second-order valence-electron chi connectivity index (χ2n) is 7.57. The van der Waals surface area contributed by atoms with Gasteiger partial charge < -0.3 is 10.2 Å². The Balaban J connectivity index is 1.54. The highest BCUT2D eigenvalue weighted by Crippen LogP contribution is 2.36. The lowest BCUT2D eigenvalue weighted by Gasteiger charge is -2.34. The van der Waals surface area contributed by atoms with Crippen molar-refractivity contribution in [1.82, 2.24) is 14.5 Å². The monoisotopic (exact) mass is 501 g/mol. The molecule has 0 saturated carbocycles. The number of amides is 3. The molecule has 1 aliphatic rings. The third kappa shape index (κ3) is 4.65. The van der Waals surface area contributed by atoms with Crippen molar-refractivity contribution >= 4 is 54.1 Å². The Bertz CT molecular complexity index is 1350. The molecular formula is C22H23N5O5S2. The fourth-order valence-electron chi connectivity index (χ4n) is 3.79. The molecule has 1 saturated heterocycles. The van der Waals surface area contributed by atoms with Crippen molar-refractivity contribution in [2.75, 3.05) is 38.0 Å². The Morgan fingerprint density at radius 1 is 1.06 bits per heavy atom. The number of nitrogens with one attached hydrogen (secondary N) is 2. The standard InChI is InChI=1S/C22H23N5O5S2/c1-2-23-22(29)24-20-19(17-8-3-4-9-18(17)33-20)21(28)26-10-12-27(13-11-26)34(31,32)16-7-5-6-15(14-16)25-30/h3-9,14H,2,10-13H2,1H3,(H2,23,24,29). The van der Waals surface area contributed by atoms with Crippen LogP contribution in [0.4, 0.5) is 15.5 Å². The predicted octanol–water partition coefficient (Wildman–Crippen LogP) is 3.59. The molecule has 3 amide bonds. The summed E-state index contributed by atoms with van der Waals surface area (Å²) < 4.78 is 28.2. The van der Waals surface area contributed by atoms with E-state index >= 15 is 0 Å². The van der Waals surface area contributed by atoms with E-state index in [-0.39, 0.29) is 42.7 Å². The van der Waals surface area contributed by atoms with Crippen LogP contribution in [0.2, 0.25) is 0 Å². The number of fused-ring (bicyclic) bond motifs is 1. The van der Waals surface area contributed by atoms with Gasteiger partial charge in [-0.15, -0.1) is 16.2 Å². The van der Waals surface area contributed by atoms with Crippen molar-refractivity contribution < 1.29 is 18.0 Å². The molecular weight excluding hydrogens is 478 g/mol. The van der Waals surface area contributed by atoms with Crippen LogP contribution in [0.3, 0.4) is 0 Å². The molecule has 2 heterocycles. The summed E-state index contributed by atoms with van der Waals surface area (Å²) in [4.78, 5) is 38.0. The molecule has 1 aromatic heterocycles. The summed E-state index contributed by atoms with van der Waals surface area (Å²) in [5, 5.41) is 9.41.